The van der Waals surface area contributed by atoms with E-state index in [2.05, 4.69) is 0 Å². The minimum atomic E-state index is -0.486. The summed E-state index contributed by atoms with van der Waals surface area (Å²) in [6.07, 6.45) is 0.632. The molecule has 1 aliphatic rings. The van der Waals surface area contributed by atoms with Crippen molar-refractivity contribution in [2.24, 2.45) is 0 Å². The molecule has 1 amide bonds. The molecule has 1 aromatic rings. The monoisotopic (exact) mass is 254 g/mol. The molecule has 0 aliphatic carbocycles. The maximum absolute atomic E-state index is 11.3. The summed E-state index contributed by atoms with van der Waals surface area (Å²) >= 11 is 5.84. The molecule has 0 fully saturated rings. The lowest BCUT2D eigenvalue weighted by molar-refractivity contribution is -0.384. The molecule has 0 N–H and O–H groups in total. The Balaban J connectivity index is 2.38. The number of benzene rings is 1. The first-order valence-corrected chi connectivity index (χ1v) is 5.58. The maximum Gasteiger partial charge on any atom is 0.288 e. The van der Waals surface area contributed by atoms with E-state index in [0.717, 1.165) is 11.1 Å². The van der Waals surface area contributed by atoms with Crippen molar-refractivity contribution in [3.05, 3.63) is 38.4 Å². The Kier molecular flexibility index (Phi) is 3.02. The van der Waals surface area contributed by atoms with Crippen molar-refractivity contribution in [1.29, 1.82) is 0 Å². The van der Waals surface area contributed by atoms with Crippen molar-refractivity contribution >= 4 is 23.2 Å². The average molecular weight is 255 g/mol. The first-order valence-electron chi connectivity index (χ1n) is 5.20. The molecule has 17 heavy (non-hydrogen) atoms. The summed E-state index contributed by atoms with van der Waals surface area (Å²) in [5.74, 6) is 0.00475. The van der Waals surface area contributed by atoms with E-state index in [-0.39, 0.29) is 16.6 Å². The molecule has 0 saturated carbocycles. The van der Waals surface area contributed by atoms with Crippen molar-refractivity contribution in [3.8, 4) is 0 Å². The molecule has 0 unspecified atom stereocenters. The third-order valence-electron chi connectivity index (χ3n) is 2.92. The van der Waals surface area contributed by atoms with Crippen LogP contribution in [-0.2, 0) is 17.8 Å². The lowest BCUT2D eigenvalue weighted by Gasteiger charge is -2.27. The number of hydrogen-bond acceptors (Lipinski definition) is 3. The van der Waals surface area contributed by atoms with Gasteiger partial charge in [0.15, 0.2) is 0 Å². The first-order chi connectivity index (χ1) is 7.99. The van der Waals surface area contributed by atoms with E-state index in [1.807, 2.05) is 0 Å². The molecule has 0 radical (unpaired) electrons. The SMILES string of the molecule is CC(=O)N1CCc2cc([N+](=O)[O-])c(Cl)cc2C1. The van der Waals surface area contributed by atoms with Crippen molar-refractivity contribution in [3.63, 3.8) is 0 Å². The number of nitro groups is 1. The molecule has 1 aliphatic heterocycles. The van der Waals surface area contributed by atoms with Gasteiger partial charge in [0, 0.05) is 26.1 Å². The molecule has 0 aromatic heterocycles. The van der Waals surface area contributed by atoms with Crippen LogP contribution in [0.25, 0.3) is 0 Å². The number of hydrogen-bond donors (Lipinski definition) is 0. The van der Waals surface area contributed by atoms with E-state index >= 15 is 0 Å². The Morgan fingerprint density at radius 2 is 2.18 bits per heavy atom. The van der Waals surface area contributed by atoms with Gasteiger partial charge in [0.25, 0.3) is 5.69 Å². The van der Waals surface area contributed by atoms with Crippen LogP contribution >= 0.6 is 11.6 Å². The highest BCUT2D eigenvalue weighted by Crippen LogP contribution is 2.31. The zero-order chi connectivity index (χ0) is 12.6. The highest BCUT2D eigenvalue weighted by molar-refractivity contribution is 6.32. The fourth-order valence-corrected chi connectivity index (χ4v) is 2.23. The Morgan fingerprint density at radius 3 is 2.76 bits per heavy atom. The van der Waals surface area contributed by atoms with Crippen LogP contribution in [0, 0.1) is 10.1 Å². The topological polar surface area (TPSA) is 63.5 Å². The summed E-state index contributed by atoms with van der Waals surface area (Å²) in [6.45, 7) is 2.58. The van der Waals surface area contributed by atoms with Crippen molar-refractivity contribution < 1.29 is 9.72 Å². The molecule has 5 nitrogen and oxygen atoms in total. The Bertz CT molecular complexity index is 502. The standard InChI is InChI=1S/C11H11ClN2O3/c1-7(15)13-3-2-8-5-11(14(16)17)10(12)4-9(8)6-13/h4-5H,2-3,6H2,1H3. The summed E-state index contributed by atoms with van der Waals surface area (Å²) in [7, 11) is 0. The van der Waals surface area contributed by atoms with Crippen molar-refractivity contribution in [2.75, 3.05) is 6.54 Å². The van der Waals surface area contributed by atoms with Gasteiger partial charge in [-0.2, -0.15) is 0 Å². The molecule has 0 bridgehead atoms. The van der Waals surface area contributed by atoms with E-state index < -0.39 is 4.92 Å². The molecule has 0 spiro atoms. The largest absolute Gasteiger partial charge is 0.338 e. The van der Waals surface area contributed by atoms with Gasteiger partial charge >= 0.3 is 0 Å². The zero-order valence-corrected chi connectivity index (χ0v) is 10.0. The van der Waals surface area contributed by atoms with Gasteiger partial charge in [-0.15, -0.1) is 0 Å². The zero-order valence-electron chi connectivity index (χ0n) is 9.27. The van der Waals surface area contributed by atoms with E-state index in [9.17, 15) is 14.9 Å². The predicted molar refractivity (Wildman–Crippen MR) is 62.9 cm³/mol. The van der Waals surface area contributed by atoms with Gasteiger partial charge in [-0.25, -0.2) is 0 Å². The second-order valence-corrected chi connectivity index (χ2v) is 4.43. The van der Waals surface area contributed by atoms with Crippen molar-refractivity contribution in [1.82, 2.24) is 4.90 Å². The fraction of sp³-hybridized carbons (Fsp3) is 0.364. The Morgan fingerprint density at radius 1 is 1.47 bits per heavy atom. The molecule has 90 valence electrons. The minimum Gasteiger partial charge on any atom is -0.338 e. The second kappa shape index (κ2) is 4.33. The second-order valence-electron chi connectivity index (χ2n) is 4.02. The van der Waals surface area contributed by atoms with Gasteiger partial charge < -0.3 is 4.90 Å². The van der Waals surface area contributed by atoms with Gasteiger partial charge in [-0.1, -0.05) is 11.6 Å². The quantitative estimate of drug-likeness (QED) is 0.570. The Labute approximate surface area is 103 Å². The average Bonchev–Trinajstić information content (AvgIpc) is 2.26. The van der Waals surface area contributed by atoms with Crippen LogP contribution in [-0.4, -0.2) is 22.3 Å². The van der Waals surface area contributed by atoms with Crippen LogP contribution in [0.3, 0.4) is 0 Å². The number of carbonyl (C=O) groups excluding carboxylic acids is 1. The molecular formula is C11H11ClN2O3. The fourth-order valence-electron chi connectivity index (χ4n) is 1.97. The Hall–Kier alpha value is -1.62. The highest BCUT2D eigenvalue weighted by atomic mass is 35.5. The molecule has 6 heteroatoms. The van der Waals surface area contributed by atoms with Crippen LogP contribution < -0.4 is 0 Å². The summed E-state index contributed by atoms with van der Waals surface area (Å²) in [6, 6.07) is 3.10. The lowest BCUT2D eigenvalue weighted by atomic mass is 9.99. The smallest absolute Gasteiger partial charge is 0.288 e. The number of fused-ring (bicyclic) bond motifs is 1. The van der Waals surface area contributed by atoms with Crippen LogP contribution in [0.15, 0.2) is 12.1 Å². The van der Waals surface area contributed by atoms with E-state index in [1.54, 1.807) is 11.0 Å². The van der Waals surface area contributed by atoms with Crippen LogP contribution in [0.5, 0.6) is 0 Å². The molecule has 1 aromatic carbocycles. The number of nitro benzene ring substituents is 1. The third-order valence-corrected chi connectivity index (χ3v) is 3.23. The predicted octanol–water partition coefficient (Wildman–Crippen LogP) is 2.15. The summed E-state index contributed by atoms with van der Waals surface area (Å²) in [5, 5.41) is 10.9. The highest BCUT2D eigenvalue weighted by Gasteiger charge is 2.22. The minimum absolute atomic E-state index is 0.00475. The van der Waals surface area contributed by atoms with Gasteiger partial charge in [0.2, 0.25) is 5.91 Å². The summed E-state index contributed by atoms with van der Waals surface area (Å²) in [5.41, 5.74) is 1.72. The molecular weight excluding hydrogens is 244 g/mol. The summed E-state index contributed by atoms with van der Waals surface area (Å²) in [4.78, 5) is 23.2. The first kappa shape index (κ1) is 11.9. The molecule has 1 heterocycles. The van der Waals surface area contributed by atoms with Crippen LogP contribution in [0.4, 0.5) is 5.69 Å². The maximum atomic E-state index is 11.3. The normalized spacial score (nSPS) is 14.4. The molecule has 2 rings (SSSR count). The number of rotatable bonds is 1. The third kappa shape index (κ3) is 2.24. The number of carbonyl (C=O) groups is 1. The van der Waals surface area contributed by atoms with E-state index in [0.29, 0.717) is 19.5 Å². The van der Waals surface area contributed by atoms with Crippen LogP contribution in [0.1, 0.15) is 18.1 Å². The lowest BCUT2D eigenvalue weighted by Crippen LogP contribution is -2.34. The van der Waals surface area contributed by atoms with Gasteiger partial charge in [-0.05, 0) is 23.6 Å². The summed E-state index contributed by atoms with van der Waals surface area (Å²) < 4.78 is 0. The number of nitrogens with zero attached hydrogens (tertiary/aromatic N) is 2. The number of halogens is 1. The van der Waals surface area contributed by atoms with Crippen LogP contribution in [0.2, 0.25) is 5.02 Å². The molecule has 0 saturated heterocycles. The van der Waals surface area contributed by atoms with Gasteiger partial charge in [0.05, 0.1) is 4.92 Å². The number of amides is 1. The molecule has 0 atom stereocenters. The van der Waals surface area contributed by atoms with Gasteiger partial charge in [-0.3, -0.25) is 14.9 Å². The van der Waals surface area contributed by atoms with E-state index in [4.69, 9.17) is 11.6 Å². The van der Waals surface area contributed by atoms with Gasteiger partial charge in [0.1, 0.15) is 5.02 Å². The van der Waals surface area contributed by atoms with E-state index in [1.165, 1.54) is 13.0 Å². The van der Waals surface area contributed by atoms with Crippen molar-refractivity contribution in [2.45, 2.75) is 19.9 Å².